The van der Waals surface area contributed by atoms with E-state index in [1.165, 1.54) is 7.11 Å². The van der Waals surface area contributed by atoms with Gasteiger partial charge in [0.1, 0.15) is 11.8 Å². The summed E-state index contributed by atoms with van der Waals surface area (Å²) in [5, 5.41) is 2.24. The van der Waals surface area contributed by atoms with Gasteiger partial charge in [0, 0.05) is 4.47 Å². The highest BCUT2D eigenvalue weighted by molar-refractivity contribution is 9.10. The van der Waals surface area contributed by atoms with E-state index in [9.17, 15) is 14.4 Å². The van der Waals surface area contributed by atoms with Crippen molar-refractivity contribution in [3.8, 4) is 5.75 Å². The van der Waals surface area contributed by atoms with Crippen molar-refractivity contribution in [2.45, 2.75) is 19.4 Å². The molecule has 1 N–H and O–H groups in total. The largest absolute Gasteiger partial charge is 0.493 e. The lowest BCUT2D eigenvalue weighted by molar-refractivity contribution is -0.142. The van der Waals surface area contributed by atoms with E-state index in [0.29, 0.717) is 17.9 Å². The van der Waals surface area contributed by atoms with Gasteiger partial charge in [-0.05, 0) is 31.4 Å². The Bertz CT molecular complexity index is 593. The van der Waals surface area contributed by atoms with Crippen molar-refractivity contribution < 1.29 is 23.9 Å². The molecule has 0 saturated carbocycles. The summed E-state index contributed by atoms with van der Waals surface area (Å²) < 4.78 is 10.8. The minimum atomic E-state index is -0.955. The number of nitrogens with one attached hydrogen (secondary N) is 1. The monoisotopic (exact) mass is 403 g/mol. The molecule has 0 radical (unpaired) electrons. The number of esters is 1. The average Bonchev–Trinajstić information content (AvgIpc) is 2.53. The van der Waals surface area contributed by atoms with E-state index in [0.717, 1.165) is 16.2 Å². The molecular formula is C15H18BrNO5S. The Morgan fingerprint density at radius 3 is 2.61 bits per heavy atom. The fourth-order valence-electron chi connectivity index (χ4n) is 1.78. The summed E-state index contributed by atoms with van der Waals surface area (Å²) in [5.74, 6) is -0.663. The van der Waals surface area contributed by atoms with Gasteiger partial charge in [-0.3, -0.25) is 14.4 Å². The number of amides is 1. The number of ether oxygens (including phenoxy) is 2. The van der Waals surface area contributed by atoms with Crippen molar-refractivity contribution in [1.82, 2.24) is 5.32 Å². The molecule has 0 fully saturated rings. The third kappa shape index (κ3) is 5.87. The van der Waals surface area contributed by atoms with Crippen LogP contribution in [0.25, 0.3) is 0 Å². The minimum Gasteiger partial charge on any atom is -0.493 e. The minimum absolute atomic E-state index is 0.220. The molecule has 0 aliphatic rings. The molecule has 1 atom stereocenters. The molecule has 126 valence electrons. The molecule has 6 nitrogen and oxygen atoms in total. The van der Waals surface area contributed by atoms with E-state index in [2.05, 4.69) is 26.0 Å². The molecule has 0 bridgehead atoms. The van der Waals surface area contributed by atoms with Crippen molar-refractivity contribution >= 4 is 44.7 Å². The molecule has 23 heavy (non-hydrogen) atoms. The molecule has 0 aliphatic heterocycles. The summed E-state index contributed by atoms with van der Waals surface area (Å²) in [6.45, 7) is 2.20. The van der Waals surface area contributed by atoms with Gasteiger partial charge in [0.25, 0.3) is 5.91 Å². The Morgan fingerprint density at radius 1 is 1.35 bits per heavy atom. The van der Waals surface area contributed by atoms with Crippen LogP contribution in [0.4, 0.5) is 0 Å². The first-order valence-corrected chi connectivity index (χ1v) is 8.82. The maximum atomic E-state index is 12.4. The second-order valence-electron chi connectivity index (χ2n) is 4.40. The summed E-state index contributed by atoms with van der Waals surface area (Å²) in [5.41, 5.74) is 0.291. The molecular weight excluding hydrogens is 386 g/mol. The van der Waals surface area contributed by atoms with Gasteiger partial charge in [-0.25, -0.2) is 0 Å². The number of hydrogen-bond acceptors (Lipinski definition) is 6. The molecule has 8 heteroatoms. The molecule has 1 rings (SSSR count). The van der Waals surface area contributed by atoms with E-state index in [1.54, 1.807) is 31.4 Å². The van der Waals surface area contributed by atoms with Crippen LogP contribution < -0.4 is 10.1 Å². The molecule has 0 heterocycles. The Morgan fingerprint density at radius 2 is 2.04 bits per heavy atom. The first kappa shape index (κ1) is 19.5. The first-order chi connectivity index (χ1) is 10.9. The normalized spacial score (nSPS) is 11.5. The fraction of sp³-hybridized carbons (Fsp3) is 0.400. The van der Waals surface area contributed by atoms with Crippen LogP contribution in [-0.4, -0.2) is 43.0 Å². The third-order valence-corrected chi connectivity index (χ3v) is 4.06. The number of methoxy groups -OCH3 is 1. The lowest BCUT2D eigenvalue weighted by Gasteiger charge is -2.17. The summed E-state index contributed by atoms with van der Waals surface area (Å²) in [7, 11) is 1.23. The van der Waals surface area contributed by atoms with Gasteiger partial charge in [-0.2, -0.15) is 0 Å². The molecule has 1 amide bonds. The Kier molecular flexibility index (Phi) is 8.11. The van der Waals surface area contributed by atoms with Gasteiger partial charge in [0.05, 0.1) is 25.7 Å². The van der Waals surface area contributed by atoms with Crippen LogP contribution in [-0.2, 0) is 14.3 Å². The van der Waals surface area contributed by atoms with Crippen molar-refractivity contribution in [2.75, 3.05) is 20.0 Å². The van der Waals surface area contributed by atoms with Gasteiger partial charge in [-0.15, -0.1) is 0 Å². The lowest BCUT2D eigenvalue weighted by atomic mass is 10.1. The van der Waals surface area contributed by atoms with Crippen LogP contribution in [0.5, 0.6) is 5.75 Å². The SMILES string of the molecule is CCOc1cc(Br)ccc1C(=O)NC(CC(=O)OC)C(=O)SC. The van der Waals surface area contributed by atoms with E-state index in [-0.39, 0.29) is 11.5 Å². The van der Waals surface area contributed by atoms with Crippen LogP contribution in [0.1, 0.15) is 23.7 Å². The number of benzene rings is 1. The van der Waals surface area contributed by atoms with Crippen molar-refractivity contribution in [2.24, 2.45) is 0 Å². The molecule has 1 unspecified atom stereocenters. The van der Waals surface area contributed by atoms with Crippen molar-refractivity contribution in [3.05, 3.63) is 28.2 Å². The Labute approximate surface area is 147 Å². The Balaban J connectivity index is 2.98. The van der Waals surface area contributed by atoms with Crippen molar-refractivity contribution in [1.29, 1.82) is 0 Å². The molecule has 0 aromatic heterocycles. The lowest BCUT2D eigenvalue weighted by Crippen LogP contribution is -2.41. The standard InChI is InChI=1S/C15H18BrNO5S/c1-4-22-12-7-9(16)5-6-10(12)14(19)17-11(15(20)23-3)8-13(18)21-2/h5-7,11H,4,8H2,1-3H3,(H,17,19). The molecule has 0 aliphatic carbocycles. The van der Waals surface area contributed by atoms with E-state index in [4.69, 9.17) is 4.74 Å². The highest BCUT2D eigenvalue weighted by Gasteiger charge is 2.25. The molecule has 0 saturated heterocycles. The third-order valence-electron chi connectivity index (χ3n) is 2.88. The number of halogens is 1. The summed E-state index contributed by atoms with van der Waals surface area (Å²) in [4.78, 5) is 35.7. The van der Waals surface area contributed by atoms with E-state index < -0.39 is 17.9 Å². The molecule has 1 aromatic rings. The number of rotatable bonds is 7. The highest BCUT2D eigenvalue weighted by Crippen LogP contribution is 2.24. The second-order valence-corrected chi connectivity index (χ2v) is 6.13. The highest BCUT2D eigenvalue weighted by atomic mass is 79.9. The van der Waals surface area contributed by atoms with Crippen LogP contribution in [0.2, 0.25) is 0 Å². The van der Waals surface area contributed by atoms with Gasteiger partial charge in [0.2, 0.25) is 5.12 Å². The summed E-state index contributed by atoms with van der Waals surface area (Å²) in [6.07, 6.45) is 1.37. The maximum Gasteiger partial charge on any atom is 0.308 e. The zero-order chi connectivity index (χ0) is 17.4. The van der Waals surface area contributed by atoms with Gasteiger partial charge in [-0.1, -0.05) is 27.7 Å². The second kappa shape index (κ2) is 9.57. The fourth-order valence-corrected chi connectivity index (χ4v) is 2.55. The topological polar surface area (TPSA) is 81.7 Å². The van der Waals surface area contributed by atoms with Crippen LogP contribution in [0.15, 0.2) is 22.7 Å². The predicted molar refractivity (Wildman–Crippen MR) is 91.7 cm³/mol. The Hall–Kier alpha value is -1.54. The van der Waals surface area contributed by atoms with Gasteiger partial charge in [0.15, 0.2) is 0 Å². The quantitative estimate of drug-likeness (QED) is 0.703. The van der Waals surface area contributed by atoms with Gasteiger partial charge < -0.3 is 14.8 Å². The van der Waals surface area contributed by atoms with Crippen LogP contribution in [0.3, 0.4) is 0 Å². The molecule has 1 aromatic carbocycles. The number of thioether (sulfide) groups is 1. The smallest absolute Gasteiger partial charge is 0.308 e. The number of carbonyl (C=O) groups is 3. The zero-order valence-electron chi connectivity index (χ0n) is 13.1. The van der Waals surface area contributed by atoms with Crippen molar-refractivity contribution in [3.63, 3.8) is 0 Å². The zero-order valence-corrected chi connectivity index (χ0v) is 15.5. The molecule has 0 spiro atoms. The van der Waals surface area contributed by atoms with Crippen LogP contribution in [0, 0.1) is 0 Å². The van der Waals surface area contributed by atoms with Crippen LogP contribution >= 0.6 is 27.7 Å². The predicted octanol–water partition coefficient (Wildman–Crippen LogP) is 2.40. The number of hydrogen-bond donors (Lipinski definition) is 1. The van der Waals surface area contributed by atoms with Gasteiger partial charge >= 0.3 is 5.97 Å². The van der Waals surface area contributed by atoms with E-state index in [1.807, 2.05) is 0 Å². The summed E-state index contributed by atoms with van der Waals surface area (Å²) in [6, 6.07) is 4.00. The maximum absolute atomic E-state index is 12.4. The van der Waals surface area contributed by atoms with E-state index >= 15 is 0 Å². The summed E-state index contributed by atoms with van der Waals surface area (Å²) >= 11 is 4.25. The average molecular weight is 404 g/mol. The number of carbonyl (C=O) groups excluding carboxylic acids is 3. The first-order valence-electron chi connectivity index (χ1n) is 6.80.